The molecule has 1 aliphatic carbocycles. The fraction of sp³-hybridized carbons (Fsp3) is 0.440. The first-order chi connectivity index (χ1) is 16.3. The molecule has 2 amide bonds. The van der Waals surface area contributed by atoms with Gasteiger partial charge in [-0.05, 0) is 48.7 Å². The lowest BCUT2D eigenvalue weighted by atomic mass is 9.96. The molecule has 0 bridgehead atoms. The fourth-order valence-electron chi connectivity index (χ4n) is 4.52. The van der Waals surface area contributed by atoms with E-state index in [4.69, 9.17) is 11.6 Å². The maximum Gasteiger partial charge on any atom is 0.251 e. The van der Waals surface area contributed by atoms with E-state index in [1.54, 1.807) is 42.5 Å². The Morgan fingerprint density at radius 3 is 2.35 bits per heavy atom. The molecule has 9 heteroatoms. The second-order valence-corrected chi connectivity index (χ2v) is 11.7. The molecular weight excluding hydrogens is 474 g/mol. The number of hydrogen-bond donors (Lipinski definition) is 3. The Kier molecular flexibility index (Phi) is 7.78. The molecule has 0 saturated heterocycles. The van der Waals surface area contributed by atoms with Crippen molar-refractivity contribution in [3.8, 4) is 0 Å². The highest BCUT2D eigenvalue weighted by Crippen LogP contribution is 2.29. The third-order valence-corrected chi connectivity index (χ3v) is 8.21. The van der Waals surface area contributed by atoms with Crippen molar-refractivity contribution in [3.63, 3.8) is 0 Å². The Bertz CT molecular complexity index is 1140. The third-order valence-electron chi connectivity index (χ3n) is 6.35. The predicted molar refractivity (Wildman–Crippen MR) is 135 cm³/mol. The number of amides is 2. The van der Waals surface area contributed by atoms with E-state index in [1.807, 2.05) is 0 Å². The number of nitrogens with one attached hydrogen (secondary N) is 3. The van der Waals surface area contributed by atoms with E-state index in [0.717, 1.165) is 25.7 Å². The molecule has 1 fully saturated rings. The van der Waals surface area contributed by atoms with E-state index in [2.05, 4.69) is 16.0 Å². The Balaban J connectivity index is 1.39. The zero-order valence-electron chi connectivity index (χ0n) is 19.0. The largest absolute Gasteiger partial charge is 0.371 e. The Hall–Kier alpha value is -2.58. The Morgan fingerprint density at radius 1 is 0.971 bits per heavy atom. The molecule has 0 aromatic heterocycles. The molecule has 2 aromatic carbocycles. The highest BCUT2D eigenvalue weighted by molar-refractivity contribution is 7.90. The van der Waals surface area contributed by atoms with E-state index in [1.165, 1.54) is 19.3 Å². The predicted octanol–water partition coefficient (Wildman–Crippen LogP) is 4.53. The van der Waals surface area contributed by atoms with E-state index in [9.17, 15) is 18.0 Å². The van der Waals surface area contributed by atoms with Crippen LogP contribution in [0.25, 0.3) is 0 Å². The van der Waals surface area contributed by atoms with Crippen LogP contribution in [0, 0.1) is 0 Å². The summed E-state index contributed by atoms with van der Waals surface area (Å²) in [6.07, 6.45) is 7.90. The van der Waals surface area contributed by atoms with Crippen LogP contribution in [0.1, 0.15) is 60.9 Å². The van der Waals surface area contributed by atoms with Crippen LogP contribution in [0.2, 0.25) is 5.02 Å². The third kappa shape index (κ3) is 6.51. The number of sulfone groups is 1. The monoisotopic (exact) mass is 503 g/mol. The SMILES string of the molecule is O=C(NC1CCCCCCC1)c1ccc2c(c1)NC(=O)C(CS(=O)(=O)Cc1ccc(Cl)cc1)N2. The zero-order chi connectivity index (χ0) is 24.1. The van der Waals surface area contributed by atoms with Gasteiger partial charge in [-0.3, -0.25) is 9.59 Å². The number of carbonyl (C=O) groups excluding carboxylic acids is 2. The summed E-state index contributed by atoms with van der Waals surface area (Å²) in [7, 11) is -3.56. The first kappa shape index (κ1) is 24.5. The summed E-state index contributed by atoms with van der Waals surface area (Å²) in [5.74, 6) is -1.12. The van der Waals surface area contributed by atoms with Gasteiger partial charge < -0.3 is 16.0 Å². The number of halogens is 1. The van der Waals surface area contributed by atoms with Gasteiger partial charge in [-0.25, -0.2) is 8.42 Å². The van der Waals surface area contributed by atoms with Crippen molar-refractivity contribution in [3.05, 3.63) is 58.6 Å². The van der Waals surface area contributed by atoms with Crippen molar-refractivity contribution in [1.29, 1.82) is 0 Å². The van der Waals surface area contributed by atoms with Crippen LogP contribution < -0.4 is 16.0 Å². The second kappa shape index (κ2) is 10.8. The van der Waals surface area contributed by atoms with E-state index < -0.39 is 21.8 Å². The lowest BCUT2D eigenvalue weighted by molar-refractivity contribution is -0.116. The van der Waals surface area contributed by atoms with E-state index >= 15 is 0 Å². The highest BCUT2D eigenvalue weighted by atomic mass is 35.5. The van der Waals surface area contributed by atoms with Crippen LogP contribution in [0.15, 0.2) is 42.5 Å². The summed E-state index contributed by atoms with van der Waals surface area (Å²) in [5.41, 5.74) is 2.15. The molecule has 34 heavy (non-hydrogen) atoms. The second-order valence-electron chi connectivity index (χ2n) is 9.14. The van der Waals surface area contributed by atoms with Crippen LogP contribution in [-0.4, -0.2) is 38.1 Å². The van der Waals surface area contributed by atoms with Crippen molar-refractivity contribution >= 4 is 44.6 Å². The fourth-order valence-corrected chi connectivity index (χ4v) is 6.21. The van der Waals surface area contributed by atoms with Gasteiger partial charge in [0.2, 0.25) is 5.91 Å². The molecule has 1 saturated carbocycles. The molecule has 0 spiro atoms. The molecule has 2 aliphatic rings. The van der Waals surface area contributed by atoms with Gasteiger partial charge in [0.15, 0.2) is 9.84 Å². The summed E-state index contributed by atoms with van der Waals surface area (Å²) >= 11 is 5.86. The summed E-state index contributed by atoms with van der Waals surface area (Å²) in [5, 5.41) is 9.43. The number of anilines is 2. The summed E-state index contributed by atoms with van der Waals surface area (Å²) in [4.78, 5) is 25.4. The number of hydrogen-bond acceptors (Lipinski definition) is 5. The van der Waals surface area contributed by atoms with Crippen LogP contribution in [-0.2, 0) is 20.4 Å². The van der Waals surface area contributed by atoms with Crippen molar-refractivity contribution in [1.82, 2.24) is 5.32 Å². The first-order valence-corrected chi connectivity index (χ1v) is 14.0. The molecule has 4 rings (SSSR count). The smallest absolute Gasteiger partial charge is 0.251 e. The minimum atomic E-state index is -3.56. The zero-order valence-corrected chi connectivity index (χ0v) is 20.6. The minimum absolute atomic E-state index is 0.157. The maximum absolute atomic E-state index is 12.8. The molecule has 1 unspecified atom stereocenters. The Morgan fingerprint density at radius 2 is 1.65 bits per heavy atom. The highest BCUT2D eigenvalue weighted by Gasteiger charge is 2.31. The van der Waals surface area contributed by atoms with Gasteiger partial charge >= 0.3 is 0 Å². The normalized spacial score (nSPS) is 19.2. The maximum atomic E-state index is 12.8. The molecule has 7 nitrogen and oxygen atoms in total. The van der Waals surface area contributed by atoms with Gasteiger partial charge in [-0.15, -0.1) is 0 Å². The summed E-state index contributed by atoms with van der Waals surface area (Å²) < 4.78 is 25.4. The number of benzene rings is 2. The van der Waals surface area contributed by atoms with Gasteiger partial charge in [0.25, 0.3) is 5.91 Å². The van der Waals surface area contributed by atoms with Gasteiger partial charge in [-0.2, -0.15) is 0 Å². The van der Waals surface area contributed by atoms with E-state index in [-0.39, 0.29) is 23.5 Å². The van der Waals surface area contributed by atoms with Gasteiger partial charge in [0, 0.05) is 16.6 Å². The van der Waals surface area contributed by atoms with E-state index in [0.29, 0.717) is 27.5 Å². The van der Waals surface area contributed by atoms with Gasteiger partial charge in [-0.1, -0.05) is 55.8 Å². The summed E-state index contributed by atoms with van der Waals surface area (Å²) in [6.45, 7) is 0. The van der Waals surface area contributed by atoms with Gasteiger partial charge in [0.1, 0.15) is 6.04 Å². The molecule has 1 heterocycles. The lowest BCUT2D eigenvalue weighted by Gasteiger charge is -2.27. The van der Waals surface area contributed by atoms with Crippen LogP contribution >= 0.6 is 11.6 Å². The van der Waals surface area contributed by atoms with Crippen LogP contribution in [0.5, 0.6) is 0 Å². The average Bonchev–Trinajstić information content (AvgIpc) is 2.77. The van der Waals surface area contributed by atoms with Crippen molar-refractivity contribution < 1.29 is 18.0 Å². The summed E-state index contributed by atoms with van der Waals surface area (Å²) in [6, 6.07) is 10.9. The lowest BCUT2D eigenvalue weighted by Crippen LogP contribution is -2.43. The number of rotatable bonds is 6. The molecule has 3 N–H and O–H groups in total. The number of carbonyl (C=O) groups is 2. The van der Waals surface area contributed by atoms with Crippen molar-refractivity contribution in [2.45, 2.75) is 62.8 Å². The molecular formula is C25H30ClN3O4S. The standard InChI is InChI=1S/C25H30ClN3O4S/c26-19-11-8-17(9-12-19)15-34(32,33)16-23-25(31)29-22-14-18(10-13-21(22)28-23)24(30)27-20-6-4-2-1-3-5-7-20/h8-14,20,23,28H,1-7,15-16H2,(H,27,30)(H,29,31). The molecule has 2 aromatic rings. The minimum Gasteiger partial charge on any atom is -0.371 e. The van der Waals surface area contributed by atoms with Crippen molar-refractivity contribution in [2.75, 3.05) is 16.4 Å². The topological polar surface area (TPSA) is 104 Å². The number of fused-ring (bicyclic) bond motifs is 1. The molecule has 182 valence electrons. The van der Waals surface area contributed by atoms with Gasteiger partial charge in [0.05, 0.1) is 22.9 Å². The quantitative estimate of drug-likeness (QED) is 0.537. The average molecular weight is 504 g/mol. The molecule has 1 atom stereocenters. The van der Waals surface area contributed by atoms with Crippen LogP contribution in [0.3, 0.4) is 0 Å². The van der Waals surface area contributed by atoms with Crippen molar-refractivity contribution in [2.24, 2.45) is 0 Å². The molecule has 1 aliphatic heterocycles. The Labute approximate surface area is 205 Å². The first-order valence-electron chi connectivity index (χ1n) is 11.8. The molecule has 0 radical (unpaired) electrons. The van der Waals surface area contributed by atoms with Crippen LogP contribution in [0.4, 0.5) is 11.4 Å².